The van der Waals surface area contributed by atoms with Crippen LogP contribution < -0.4 is 10.1 Å². The topological polar surface area (TPSA) is 46.5 Å². The Labute approximate surface area is 178 Å². The van der Waals surface area contributed by atoms with Gasteiger partial charge in [0.15, 0.2) is 5.75 Å². The molecule has 1 amide bonds. The summed E-state index contributed by atoms with van der Waals surface area (Å²) in [6.45, 7) is 6.14. The van der Waals surface area contributed by atoms with Gasteiger partial charge in [0.2, 0.25) is 0 Å². The number of hydrogen-bond donors (Lipinski definition) is 1. The minimum absolute atomic E-state index is 0. The monoisotopic (exact) mass is 415 g/mol. The number of piperidine rings is 1. The lowest BCUT2D eigenvalue weighted by Gasteiger charge is -2.37. The SMILES string of the molecule is Cc1cc(C(=O)NC2CC3CCC(C2)N3C)c2c(c1)-n1cccc1C(C)(C)O2.Cl. The van der Waals surface area contributed by atoms with Crippen molar-refractivity contribution in [3.63, 3.8) is 0 Å². The van der Waals surface area contributed by atoms with Crippen molar-refractivity contribution in [2.24, 2.45) is 0 Å². The fraction of sp³-hybridized carbons (Fsp3) is 0.522. The number of rotatable bonds is 2. The molecule has 0 spiro atoms. The van der Waals surface area contributed by atoms with Gasteiger partial charge < -0.3 is 19.5 Å². The highest BCUT2D eigenvalue weighted by atomic mass is 35.5. The van der Waals surface area contributed by atoms with Crippen molar-refractivity contribution >= 4 is 18.3 Å². The van der Waals surface area contributed by atoms with E-state index in [1.165, 1.54) is 12.8 Å². The zero-order valence-electron chi connectivity index (χ0n) is 17.6. The lowest BCUT2D eigenvalue weighted by Crippen LogP contribution is -2.48. The quantitative estimate of drug-likeness (QED) is 0.799. The molecule has 5 rings (SSSR count). The molecule has 3 aliphatic heterocycles. The third-order valence-electron chi connectivity index (χ3n) is 6.87. The fourth-order valence-electron chi connectivity index (χ4n) is 5.39. The number of carbonyl (C=O) groups excluding carboxylic acids is 1. The van der Waals surface area contributed by atoms with Crippen LogP contribution >= 0.6 is 12.4 Å². The lowest BCUT2D eigenvalue weighted by atomic mass is 9.96. The molecule has 1 aromatic heterocycles. The van der Waals surface area contributed by atoms with Crippen molar-refractivity contribution < 1.29 is 9.53 Å². The van der Waals surface area contributed by atoms with Crippen LogP contribution in [-0.4, -0.2) is 40.5 Å². The second kappa shape index (κ2) is 7.06. The van der Waals surface area contributed by atoms with Gasteiger partial charge in [-0.2, -0.15) is 0 Å². The van der Waals surface area contributed by atoms with E-state index in [0.29, 0.717) is 23.4 Å². The number of aromatic nitrogens is 1. The van der Waals surface area contributed by atoms with Gasteiger partial charge in [0.1, 0.15) is 5.60 Å². The molecule has 1 aromatic carbocycles. The number of benzene rings is 1. The molecule has 6 heteroatoms. The van der Waals surface area contributed by atoms with Crippen LogP contribution in [0.2, 0.25) is 0 Å². The van der Waals surface area contributed by atoms with Gasteiger partial charge in [-0.3, -0.25) is 4.79 Å². The van der Waals surface area contributed by atoms with Crippen LogP contribution in [-0.2, 0) is 5.60 Å². The summed E-state index contributed by atoms with van der Waals surface area (Å²) in [4.78, 5) is 15.8. The summed E-state index contributed by atoms with van der Waals surface area (Å²) >= 11 is 0. The van der Waals surface area contributed by atoms with Crippen molar-refractivity contribution in [2.75, 3.05) is 7.05 Å². The molecule has 2 saturated heterocycles. The van der Waals surface area contributed by atoms with E-state index in [1.54, 1.807) is 0 Å². The van der Waals surface area contributed by atoms with Crippen LogP contribution in [0.1, 0.15) is 61.1 Å². The first-order valence-electron chi connectivity index (χ1n) is 10.4. The van der Waals surface area contributed by atoms with Crippen LogP contribution in [0.25, 0.3) is 5.69 Å². The van der Waals surface area contributed by atoms with Crippen LogP contribution in [0.5, 0.6) is 5.75 Å². The second-order valence-electron chi connectivity index (χ2n) is 9.23. The summed E-state index contributed by atoms with van der Waals surface area (Å²) in [6.07, 6.45) is 6.64. The maximum absolute atomic E-state index is 13.3. The standard InChI is InChI=1S/C23H29N3O2.ClH/c1-14-10-18(22(27)24-15-12-16-7-8-17(13-15)25(16)4)21-19(11-14)26-9-5-6-20(26)23(2,3)28-21;/h5-6,9-11,15-17H,7-8,12-13H2,1-4H3,(H,24,27);1H. The zero-order chi connectivity index (χ0) is 19.6. The second-order valence-corrected chi connectivity index (χ2v) is 9.23. The Balaban J connectivity index is 0.00000205. The first-order valence-corrected chi connectivity index (χ1v) is 10.4. The number of halogens is 1. The summed E-state index contributed by atoms with van der Waals surface area (Å²) < 4.78 is 8.53. The van der Waals surface area contributed by atoms with Crippen molar-refractivity contribution in [3.8, 4) is 11.4 Å². The number of fused-ring (bicyclic) bond motifs is 5. The fourth-order valence-corrected chi connectivity index (χ4v) is 5.39. The highest BCUT2D eigenvalue weighted by Gasteiger charge is 2.40. The van der Waals surface area contributed by atoms with E-state index < -0.39 is 5.60 Å². The van der Waals surface area contributed by atoms with Crippen LogP contribution in [0.15, 0.2) is 30.5 Å². The summed E-state index contributed by atoms with van der Waals surface area (Å²) in [6, 6.07) is 9.63. The maximum Gasteiger partial charge on any atom is 0.255 e. The van der Waals surface area contributed by atoms with Gasteiger partial charge in [-0.25, -0.2) is 0 Å². The van der Waals surface area contributed by atoms with Crippen LogP contribution in [0.3, 0.4) is 0 Å². The smallest absolute Gasteiger partial charge is 0.255 e. The zero-order valence-corrected chi connectivity index (χ0v) is 18.4. The Hall–Kier alpha value is -1.98. The van der Waals surface area contributed by atoms with Crippen molar-refractivity contribution in [1.82, 2.24) is 14.8 Å². The Kier molecular flexibility index (Phi) is 4.94. The highest BCUT2D eigenvalue weighted by molar-refractivity contribution is 5.98. The van der Waals surface area contributed by atoms with Gasteiger partial charge >= 0.3 is 0 Å². The van der Waals surface area contributed by atoms with E-state index in [-0.39, 0.29) is 24.4 Å². The van der Waals surface area contributed by atoms with Gasteiger partial charge in [0.25, 0.3) is 5.91 Å². The van der Waals surface area contributed by atoms with Crippen molar-refractivity contribution in [1.29, 1.82) is 0 Å². The molecular weight excluding hydrogens is 386 g/mol. The molecule has 5 nitrogen and oxygen atoms in total. The molecule has 3 aliphatic rings. The predicted molar refractivity (Wildman–Crippen MR) is 116 cm³/mol. The number of hydrogen-bond acceptors (Lipinski definition) is 3. The molecule has 2 fully saturated rings. The number of amides is 1. The van der Waals surface area contributed by atoms with Gasteiger partial charge in [-0.15, -0.1) is 12.4 Å². The number of carbonyl (C=O) groups is 1. The van der Waals surface area contributed by atoms with Crippen LogP contribution in [0, 0.1) is 6.92 Å². The summed E-state index contributed by atoms with van der Waals surface area (Å²) in [7, 11) is 2.22. The van der Waals surface area contributed by atoms with Gasteiger partial charge in [-0.1, -0.05) is 0 Å². The molecule has 156 valence electrons. The van der Waals surface area contributed by atoms with E-state index >= 15 is 0 Å². The summed E-state index contributed by atoms with van der Waals surface area (Å²) in [5.41, 5.74) is 3.29. The molecule has 29 heavy (non-hydrogen) atoms. The van der Waals surface area contributed by atoms with E-state index in [9.17, 15) is 4.79 Å². The normalized spacial score (nSPS) is 26.7. The lowest BCUT2D eigenvalue weighted by molar-refractivity contribution is 0.0810. The Bertz CT molecular complexity index is 938. The molecule has 2 unspecified atom stereocenters. The van der Waals surface area contributed by atoms with Gasteiger partial charge in [-0.05, 0) is 83.3 Å². The predicted octanol–water partition coefficient (Wildman–Crippen LogP) is 4.19. The number of ether oxygens (including phenoxy) is 1. The first-order chi connectivity index (χ1) is 13.3. The number of nitrogens with zero attached hydrogens (tertiary/aromatic N) is 2. The number of nitrogens with one attached hydrogen (secondary N) is 1. The minimum atomic E-state index is -0.479. The Morgan fingerprint density at radius 2 is 1.90 bits per heavy atom. The van der Waals surface area contributed by atoms with Crippen molar-refractivity contribution in [2.45, 2.75) is 70.2 Å². The maximum atomic E-state index is 13.3. The third-order valence-corrected chi connectivity index (χ3v) is 6.87. The molecule has 4 heterocycles. The van der Waals surface area contributed by atoms with Gasteiger partial charge in [0.05, 0.1) is 16.9 Å². The summed E-state index contributed by atoms with van der Waals surface area (Å²) in [5.74, 6) is 0.674. The van der Waals surface area contributed by atoms with E-state index in [0.717, 1.165) is 29.8 Å². The van der Waals surface area contributed by atoms with E-state index in [2.05, 4.69) is 47.8 Å². The number of aryl methyl sites for hydroxylation is 1. The summed E-state index contributed by atoms with van der Waals surface area (Å²) in [5, 5.41) is 3.32. The third kappa shape index (κ3) is 3.24. The van der Waals surface area contributed by atoms with Gasteiger partial charge in [0, 0.05) is 24.3 Å². The molecular formula is C23H30ClN3O2. The average Bonchev–Trinajstić information content (AvgIpc) is 3.19. The van der Waals surface area contributed by atoms with E-state index in [4.69, 9.17) is 4.74 Å². The largest absolute Gasteiger partial charge is 0.479 e. The minimum Gasteiger partial charge on any atom is -0.479 e. The first kappa shape index (κ1) is 20.3. The molecule has 2 aromatic rings. The molecule has 0 aliphatic carbocycles. The molecule has 0 radical (unpaired) electrons. The van der Waals surface area contributed by atoms with E-state index in [1.807, 2.05) is 25.3 Å². The molecule has 2 atom stereocenters. The molecule has 0 saturated carbocycles. The highest BCUT2D eigenvalue weighted by Crippen LogP contribution is 2.42. The average molecular weight is 416 g/mol. The molecule has 1 N–H and O–H groups in total. The van der Waals surface area contributed by atoms with Crippen LogP contribution in [0.4, 0.5) is 0 Å². The Morgan fingerprint density at radius 1 is 1.21 bits per heavy atom. The van der Waals surface area contributed by atoms with Crippen molar-refractivity contribution in [3.05, 3.63) is 47.3 Å². The Morgan fingerprint density at radius 3 is 2.59 bits per heavy atom. The molecule has 2 bridgehead atoms.